The lowest BCUT2D eigenvalue weighted by Gasteiger charge is -2.27. The number of fused-ring (bicyclic) bond motifs is 1. The molecule has 0 saturated heterocycles. The number of carbonyl (C=O) groups is 2. The molecule has 0 N–H and O–H groups in total. The third kappa shape index (κ3) is 2.40. The summed E-state index contributed by atoms with van der Waals surface area (Å²) >= 11 is 0. The van der Waals surface area contributed by atoms with Gasteiger partial charge in [0.1, 0.15) is 11.6 Å². The first-order valence-corrected chi connectivity index (χ1v) is 7.04. The van der Waals surface area contributed by atoms with Gasteiger partial charge in [0.05, 0.1) is 5.92 Å². The highest BCUT2D eigenvalue weighted by atomic mass is 16.2. The van der Waals surface area contributed by atoms with Crippen molar-refractivity contribution in [3.05, 3.63) is 48.1 Å². The molecular formula is C17H18O2. The second-order valence-corrected chi connectivity index (χ2v) is 5.55. The highest BCUT2D eigenvalue weighted by Gasteiger charge is 2.33. The van der Waals surface area contributed by atoms with Gasteiger partial charge in [-0.1, -0.05) is 42.5 Å². The molecule has 0 aromatic carbocycles. The number of carbonyl (C=O) groups excluding carboxylic acids is 2. The lowest BCUT2D eigenvalue weighted by molar-refractivity contribution is -0.127. The SMILES string of the molecule is O=C1CCC(=O)C1CC[C@H]1C=CC=C2C=CC=C[C@@H]21. The van der Waals surface area contributed by atoms with Crippen LogP contribution in [0, 0.1) is 17.8 Å². The first-order chi connectivity index (χ1) is 9.25. The summed E-state index contributed by atoms with van der Waals surface area (Å²) in [5.41, 5.74) is 1.33. The van der Waals surface area contributed by atoms with E-state index >= 15 is 0 Å². The van der Waals surface area contributed by atoms with Crippen molar-refractivity contribution in [3.63, 3.8) is 0 Å². The van der Waals surface area contributed by atoms with Crippen LogP contribution in [-0.2, 0) is 9.59 Å². The van der Waals surface area contributed by atoms with Crippen molar-refractivity contribution < 1.29 is 9.59 Å². The van der Waals surface area contributed by atoms with Crippen LogP contribution in [0.4, 0.5) is 0 Å². The maximum atomic E-state index is 11.7. The molecule has 0 heterocycles. The Labute approximate surface area is 113 Å². The molecule has 0 radical (unpaired) electrons. The van der Waals surface area contributed by atoms with Crippen molar-refractivity contribution in [2.24, 2.45) is 17.8 Å². The molecule has 0 bridgehead atoms. The van der Waals surface area contributed by atoms with Gasteiger partial charge in [-0.05, 0) is 24.3 Å². The van der Waals surface area contributed by atoms with Gasteiger partial charge >= 0.3 is 0 Å². The average molecular weight is 254 g/mol. The van der Waals surface area contributed by atoms with E-state index < -0.39 is 0 Å². The summed E-state index contributed by atoms with van der Waals surface area (Å²) in [5, 5.41) is 0. The minimum Gasteiger partial charge on any atom is -0.299 e. The van der Waals surface area contributed by atoms with Gasteiger partial charge in [0.15, 0.2) is 0 Å². The molecule has 2 heteroatoms. The first kappa shape index (κ1) is 12.3. The fourth-order valence-electron chi connectivity index (χ4n) is 3.29. The first-order valence-electron chi connectivity index (χ1n) is 7.04. The van der Waals surface area contributed by atoms with E-state index in [2.05, 4.69) is 42.5 Å². The molecule has 0 spiro atoms. The van der Waals surface area contributed by atoms with Crippen molar-refractivity contribution in [3.8, 4) is 0 Å². The largest absolute Gasteiger partial charge is 0.299 e. The molecule has 98 valence electrons. The molecule has 2 atom stereocenters. The highest BCUT2D eigenvalue weighted by Crippen LogP contribution is 2.35. The maximum Gasteiger partial charge on any atom is 0.143 e. The minimum absolute atomic E-state index is 0.152. The van der Waals surface area contributed by atoms with Crippen LogP contribution in [0.1, 0.15) is 25.7 Å². The Bertz CT molecular complexity index is 503. The normalized spacial score (nSPS) is 29.8. The lowest BCUT2D eigenvalue weighted by atomic mass is 9.76. The number of hydrogen-bond acceptors (Lipinski definition) is 2. The number of Topliss-reactive ketones (excluding diaryl/α,β-unsaturated/α-hetero) is 2. The molecule has 3 aliphatic carbocycles. The quantitative estimate of drug-likeness (QED) is 0.725. The van der Waals surface area contributed by atoms with Gasteiger partial charge in [0, 0.05) is 18.8 Å². The van der Waals surface area contributed by atoms with E-state index in [-0.39, 0.29) is 17.5 Å². The van der Waals surface area contributed by atoms with E-state index in [1.165, 1.54) is 5.57 Å². The van der Waals surface area contributed by atoms with Crippen LogP contribution in [0.5, 0.6) is 0 Å². The van der Waals surface area contributed by atoms with Crippen LogP contribution < -0.4 is 0 Å². The van der Waals surface area contributed by atoms with E-state index in [0.29, 0.717) is 31.1 Å². The summed E-state index contributed by atoms with van der Waals surface area (Å²) in [7, 11) is 0. The van der Waals surface area contributed by atoms with Crippen LogP contribution in [0.3, 0.4) is 0 Å². The Balaban J connectivity index is 1.65. The molecular weight excluding hydrogens is 236 g/mol. The van der Waals surface area contributed by atoms with Crippen molar-refractivity contribution in [2.45, 2.75) is 25.7 Å². The second kappa shape index (κ2) is 5.12. The topological polar surface area (TPSA) is 34.1 Å². The maximum absolute atomic E-state index is 11.7. The van der Waals surface area contributed by atoms with Gasteiger partial charge < -0.3 is 0 Å². The Morgan fingerprint density at radius 3 is 2.53 bits per heavy atom. The zero-order valence-corrected chi connectivity index (χ0v) is 10.9. The Morgan fingerprint density at radius 1 is 0.947 bits per heavy atom. The molecule has 1 fully saturated rings. The van der Waals surface area contributed by atoms with Gasteiger partial charge in [-0.3, -0.25) is 9.59 Å². The Morgan fingerprint density at radius 2 is 1.74 bits per heavy atom. The zero-order chi connectivity index (χ0) is 13.2. The number of rotatable bonds is 3. The van der Waals surface area contributed by atoms with E-state index in [4.69, 9.17) is 0 Å². The summed E-state index contributed by atoms with van der Waals surface area (Å²) in [4.78, 5) is 23.3. The van der Waals surface area contributed by atoms with Crippen LogP contribution >= 0.6 is 0 Å². The van der Waals surface area contributed by atoms with Crippen LogP contribution in [0.2, 0.25) is 0 Å². The third-order valence-corrected chi connectivity index (χ3v) is 4.40. The molecule has 0 aliphatic heterocycles. The van der Waals surface area contributed by atoms with Gasteiger partial charge in [0.2, 0.25) is 0 Å². The molecule has 3 aliphatic rings. The van der Waals surface area contributed by atoms with Crippen molar-refractivity contribution >= 4 is 11.6 Å². The molecule has 0 aromatic heterocycles. The molecule has 0 aromatic rings. The second-order valence-electron chi connectivity index (χ2n) is 5.55. The van der Waals surface area contributed by atoms with E-state index in [0.717, 1.165) is 6.42 Å². The van der Waals surface area contributed by atoms with E-state index in [1.54, 1.807) is 0 Å². The van der Waals surface area contributed by atoms with Gasteiger partial charge in [-0.25, -0.2) is 0 Å². The molecule has 19 heavy (non-hydrogen) atoms. The Hall–Kier alpha value is -1.70. The smallest absolute Gasteiger partial charge is 0.143 e. The number of hydrogen-bond donors (Lipinski definition) is 0. The van der Waals surface area contributed by atoms with Crippen LogP contribution in [0.15, 0.2) is 48.1 Å². The van der Waals surface area contributed by atoms with Gasteiger partial charge in [-0.2, -0.15) is 0 Å². The number of ketones is 2. The fourth-order valence-corrected chi connectivity index (χ4v) is 3.29. The number of allylic oxidation sites excluding steroid dienone is 8. The Kier molecular flexibility index (Phi) is 3.33. The highest BCUT2D eigenvalue weighted by molar-refractivity contribution is 6.08. The molecule has 1 saturated carbocycles. The van der Waals surface area contributed by atoms with Gasteiger partial charge in [-0.15, -0.1) is 0 Å². The van der Waals surface area contributed by atoms with Crippen molar-refractivity contribution in [2.75, 3.05) is 0 Å². The third-order valence-electron chi connectivity index (χ3n) is 4.40. The summed E-state index contributed by atoms with van der Waals surface area (Å²) in [5.74, 6) is 0.828. The van der Waals surface area contributed by atoms with E-state index in [9.17, 15) is 9.59 Å². The lowest BCUT2D eigenvalue weighted by Crippen LogP contribution is -2.20. The predicted octanol–water partition coefficient (Wildman–Crippen LogP) is 3.17. The summed E-state index contributed by atoms with van der Waals surface area (Å²) in [6.45, 7) is 0. The average Bonchev–Trinajstić information content (AvgIpc) is 2.76. The van der Waals surface area contributed by atoms with Crippen LogP contribution in [0.25, 0.3) is 0 Å². The summed E-state index contributed by atoms with van der Waals surface area (Å²) in [6, 6.07) is 0. The minimum atomic E-state index is -0.314. The van der Waals surface area contributed by atoms with Crippen molar-refractivity contribution in [1.29, 1.82) is 0 Å². The standard InChI is InChI=1S/C17H18O2/c18-16-10-11-17(19)15(16)9-8-13-6-3-5-12-4-1-2-7-14(12)13/h1-7,13-15H,8-11H2/t13-,14+/m1/s1. The summed E-state index contributed by atoms with van der Waals surface area (Å²) < 4.78 is 0. The zero-order valence-electron chi connectivity index (χ0n) is 10.9. The monoisotopic (exact) mass is 254 g/mol. The fraction of sp³-hybridized carbons (Fsp3) is 0.412. The summed E-state index contributed by atoms with van der Waals surface area (Å²) in [6.07, 6.45) is 17.5. The molecule has 3 rings (SSSR count). The van der Waals surface area contributed by atoms with E-state index in [1.807, 2.05) is 0 Å². The molecule has 0 unspecified atom stereocenters. The van der Waals surface area contributed by atoms with Crippen LogP contribution in [-0.4, -0.2) is 11.6 Å². The predicted molar refractivity (Wildman–Crippen MR) is 74.5 cm³/mol. The van der Waals surface area contributed by atoms with Crippen molar-refractivity contribution in [1.82, 2.24) is 0 Å². The molecule has 0 amide bonds. The van der Waals surface area contributed by atoms with Gasteiger partial charge in [0.25, 0.3) is 0 Å². The molecule has 2 nitrogen and oxygen atoms in total.